The molecule has 0 aromatic heterocycles. The molecule has 0 aliphatic carbocycles. The lowest BCUT2D eigenvalue weighted by molar-refractivity contribution is -0.111. The summed E-state index contributed by atoms with van der Waals surface area (Å²) in [5.41, 5.74) is -0.118. The van der Waals surface area contributed by atoms with E-state index in [0.29, 0.717) is 0 Å². The standard InChI is InChI=1S/C13H26O2/c1-4-5-6-7-8-10-13(2,3)12(15)9-11-14/h11-12,15H,4-10H2,1-3H3/t12-/m1/s1. The number of unbranched alkanes of at least 4 members (excludes halogenated alkanes) is 4. The molecule has 0 aliphatic rings. The first-order valence-corrected chi connectivity index (χ1v) is 6.16. The third kappa shape index (κ3) is 6.67. The van der Waals surface area contributed by atoms with E-state index in [1.807, 2.05) is 13.8 Å². The van der Waals surface area contributed by atoms with Gasteiger partial charge in [-0.1, -0.05) is 52.9 Å². The number of hydrogen-bond donors (Lipinski definition) is 1. The van der Waals surface area contributed by atoms with Crippen molar-refractivity contribution in [2.24, 2.45) is 5.41 Å². The van der Waals surface area contributed by atoms with Crippen molar-refractivity contribution in [2.75, 3.05) is 0 Å². The van der Waals surface area contributed by atoms with Gasteiger partial charge in [-0.2, -0.15) is 0 Å². The average molecular weight is 214 g/mol. The number of rotatable bonds is 9. The molecule has 0 unspecified atom stereocenters. The topological polar surface area (TPSA) is 37.3 Å². The molecule has 0 radical (unpaired) electrons. The van der Waals surface area contributed by atoms with Crippen LogP contribution in [0.2, 0.25) is 0 Å². The first-order valence-electron chi connectivity index (χ1n) is 6.16. The van der Waals surface area contributed by atoms with E-state index in [2.05, 4.69) is 6.92 Å². The largest absolute Gasteiger partial charge is 0.392 e. The monoisotopic (exact) mass is 214 g/mol. The highest BCUT2D eigenvalue weighted by Crippen LogP contribution is 2.29. The van der Waals surface area contributed by atoms with E-state index in [1.54, 1.807) is 0 Å². The molecule has 0 spiro atoms. The summed E-state index contributed by atoms with van der Waals surface area (Å²) >= 11 is 0. The molecule has 2 heteroatoms. The Labute approximate surface area is 94.1 Å². The van der Waals surface area contributed by atoms with Crippen molar-refractivity contribution in [3.8, 4) is 0 Å². The number of carbonyl (C=O) groups is 1. The van der Waals surface area contributed by atoms with Gasteiger partial charge in [0.25, 0.3) is 0 Å². The summed E-state index contributed by atoms with van der Waals surface area (Å²) in [5.74, 6) is 0. The molecule has 1 N–H and O–H groups in total. The lowest BCUT2D eigenvalue weighted by Gasteiger charge is -2.29. The fraction of sp³-hybridized carbons (Fsp3) is 0.923. The van der Waals surface area contributed by atoms with Gasteiger partial charge < -0.3 is 9.90 Å². The molecule has 0 aromatic carbocycles. The van der Waals surface area contributed by atoms with Crippen molar-refractivity contribution in [3.05, 3.63) is 0 Å². The number of aldehydes is 1. The Morgan fingerprint density at radius 3 is 2.33 bits per heavy atom. The van der Waals surface area contributed by atoms with Crippen LogP contribution >= 0.6 is 0 Å². The molecule has 0 aliphatic heterocycles. The van der Waals surface area contributed by atoms with Crippen molar-refractivity contribution in [1.29, 1.82) is 0 Å². The Hall–Kier alpha value is -0.370. The van der Waals surface area contributed by atoms with E-state index >= 15 is 0 Å². The van der Waals surface area contributed by atoms with Crippen LogP contribution in [-0.2, 0) is 4.79 Å². The van der Waals surface area contributed by atoms with Crippen LogP contribution in [0.15, 0.2) is 0 Å². The summed E-state index contributed by atoms with van der Waals surface area (Å²) in [6.07, 6.45) is 7.84. The van der Waals surface area contributed by atoms with Gasteiger partial charge in [0.15, 0.2) is 0 Å². The third-order valence-electron chi connectivity index (χ3n) is 3.15. The molecular weight excluding hydrogens is 188 g/mol. The molecule has 90 valence electrons. The molecule has 15 heavy (non-hydrogen) atoms. The Kier molecular flexibility index (Phi) is 7.67. The van der Waals surface area contributed by atoms with Crippen LogP contribution in [0.5, 0.6) is 0 Å². The number of aliphatic hydroxyl groups excluding tert-OH is 1. The van der Waals surface area contributed by atoms with E-state index in [4.69, 9.17) is 0 Å². The Bertz CT molecular complexity index is 164. The predicted molar refractivity (Wildman–Crippen MR) is 63.8 cm³/mol. The molecule has 0 bridgehead atoms. The van der Waals surface area contributed by atoms with Crippen molar-refractivity contribution in [1.82, 2.24) is 0 Å². The van der Waals surface area contributed by atoms with Gasteiger partial charge in [-0.05, 0) is 11.8 Å². The molecule has 0 aromatic rings. The second-order valence-electron chi connectivity index (χ2n) is 5.07. The Morgan fingerprint density at radius 1 is 1.20 bits per heavy atom. The smallest absolute Gasteiger partial charge is 0.122 e. The zero-order valence-corrected chi connectivity index (χ0v) is 10.5. The molecule has 0 amide bonds. The minimum atomic E-state index is -0.485. The van der Waals surface area contributed by atoms with E-state index in [1.165, 1.54) is 25.7 Å². The molecule has 0 saturated carbocycles. The molecule has 0 saturated heterocycles. The second-order valence-corrected chi connectivity index (χ2v) is 5.07. The van der Waals surface area contributed by atoms with Crippen LogP contribution in [0.1, 0.15) is 65.7 Å². The van der Waals surface area contributed by atoms with Crippen LogP contribution in [0, 0.1) is 5.41 Å². The Morgan fingerprint density at radius 2 is 1.80 bits per heavy atom. The maximum Gasteiger partial charge on any atom is 0.122 e. The Balaban J connectivity index is 3.67. The van der Waals surface area contributed by atoms with Gasteiger partial charge in [0.1, 0.15) is 6.29 Å². The van der Waals surface area contributed by atoms with Gasteiger partial charge in [-0.15, -0.1) is 0 Å². The maximum absolute atomic E-state index is 10.3. The summed E-state index contributed by atoms with van der Waals surface area (Å²) in [6.45, 7) is 6.29. The first-order chi connectivity index (χ1) is 7.04. The average Bonchev–Trinajstić information content (AvgIpc) is 2.18. The highest BCUT2D eigenvalue weighted by atomic mass is 16.3. The quantitative estimate of drug-likeness (QED) is 0.472. The molecule has 0 rings (SSSR count). The normalized spacial score (nSPS) is 13.9. The van der Waals surface area contributed by atoms with E-state index in [-0.39, 0.29) is 11.8 Å². The zero-order chi connectivity index (χ0) is 11.7. The SMILES string of the molecule is CCCCCCCC(C)(C)[C@H](O)CC=O. The fourth-order valence-corrected chi connectivity index (χ4v) is 1.76. The second kappa shape index (κ2) is 7.86. The molecule has 0 heterocycles. The molecule has 1 atom stereocenters. The van der Waals surface area contributed by atoms with Crippen molar-refractivity contribution in [2.45, 2.75) is 71.8 Å². The first kappa shape index (κ1) is 14.6. The van der Waals surface area contributed by atoms with Gasteiger partial charge in [-0.3, -0.25) is 0 Å². The van der Waals surface area contributed by atoms with Crippen molar-refractivity contribution >= 4 is 6.29 Å². The van der Waals surface area contributed by atoms with Gasteiger partial charge in [0.05, 0.1) is 6.10 Å². The molecule has 2 nitrogen and oxygen atoms in total. The summed E-state index contributed by atoms with van der Waals surface area (Å²) in [6, 6.07) is 0. The van der Waals surface area contributed by atoms with Crippen LogP contribution in [-0.4, -0.2) is 17.5 Å². The summed E-state index contributed by atoms with van der Waals surface area (Å²) in [7, 11) is 0. The summed E-state index contributed by atoms with van der Waals surface area (Å²) in [4.78, 5) is 10.3. The number of carbonyl (C=O) groups excluding carboxylic acids is 1. The van der Waals surface area contributed by atoms with E-state index in [9.17, 15) is 9.90 Å². The van der Waals surface area contributed by atoms with Gasteiger partial charge >= 0.3 is 0 Å². The van der Waals surface area contributed by atoms with Crippen molar-refractivity contribution in [3.63, 3.8) is 0 Å². The minimum Gasteiger partial charge on any atom is -0.392 e. The predicted octanol–water partition coefficient (Wildman–Crippen LogP) is 3.32. The van der Waals surface area contributed by atoms with Crippen LogP contribution in [0.4, 0.5) is 0 Å². The van der Waals surface area contributed by atoms with Gasteiger partial charge in [-0.25, -0.2) is 0 Å². The minimum absolute atomic E-state index is 0.118. The summed E-state index contributed by atoms with van der Waals surface area (Å²) < 4.78 is 0. The maximum atomic E-state index is 10.3. The molecule has 0 fully saturated rings. The molecular formula is C13H26O2. The van der Waals surface area contributed by atoms with Crippen LogP contribution < -0.4 is 0 Å². The highest BCUT2D eigenvalue weighted by Gasteiger charge is 2.26. The third-order valence-corrected chi connectivity index (χ3v) is 3.15. The zero-order valence-electron chi connectivity index (χ0n) is 10.5. The highest BCUT2D eigenvalue weighted by molar-refractivity contribution is 5.50. The number of hydrogen-bond acceptors (Lipinski definition) is 2. The van der Waals surface area contributed by atoms with Crippen LogP contribution in [0.3, 0.4) is 0 Å². The fourth-order valence-electron chi connectivity index (χ4n) is 1.76. The summed E-state index contributed by atoms with van der Waals surface area (Å²) in [5, 5.41) is 9.75. The van der Waals surface area contributed by atoms with Crippen molar-refractivity contribution < 1.29 is 9.90 Å². The van der Waals surface area contributed by atoms with Gasteiger partial charge in [0, 0.05) is 6.42 Å². The van der Waals surface area contributed by atoms with Gasteiger partial charge in [0.2, 0.25) is 0 Å². The van der Waals surface area contributed by atoms with Crippen LogP contribution in [0.25, 0.3) is 0 Å². The number of aliphatic hydroxyl groups is 1. The lowest BCUT2D eigenvalue weighted by Crippen LogP contribution is -2.29. The lowest BCUT2D eigenvalue weighted by atomic mass is 9.80. The van der Waals surface area contributed by atoms with E-state index < -0.39 is 6.10 Å². The van der Waals surface area contributed by atoms with E-state index in [0.717, 1.165) is 19.1 Å².